The Hall–Kier alpha value is -1.55. The fraction of sp³-hybridized carbons (Fsp3) is 0.273. The third-order valence-electron chi connectivity index (χ3n) is 2.45. The summed E-state index contributed by atoms with van der Waals surface area (Å²) >= 11 is 5.80. The van der Waals surface area contributed by atoms with Gasteiger partial charge in [0.15, 0.2) is 0 Å². The molecule has 0 bridgehead atoms. The molecule has 0 saturated heterocycles. The summed E-state index contributed by atoms with van der Waals surface area (Å²) in [6, 6.07) is 7.47. The summed E-state index contributed by atoms with van der Waals surface area (Å²) in [6.07, 6.45) is 0.536. The number of hydrogen-bond donors (Lipinski definition) is 1. The normalized spacial score (nSPS) is 18.9. The first-order valence-electron chi connectivity index (χ1n) is 4.86. The Morgan fingerprint density at radius 1 is 1.50 bits per heavy atom. The quantitative estimate of drug-likeness (QED) is 0.801. The molecule has 0 saturated carbocycles. The van der Waals surface area contributed by atoms with Crippen molar-refractivity contribution < 1.29 is 9.53 Å². The summed E-state index contributed by atoms with van der Waals surface area (Å²) in [7, 11) is 1.35. The van der Waals surface area contributed by atoms with Gasteiger partial charge in [-0.15, -0.1) is 0 Å². The van der Waals surface area contributed by atoms with E-state index in [0.29, 0.717) is 17.2 Å². The van der Waals surface area contributed by atoms with Crippen LogP contribution in [0.1, 0.15) is 18.0 Å². The summed E-state index contributed by atoms with van der Waals surface area (Å²) in [5, 5.41) is 4.64. The van der Waals surface area contributed by atoms with Gasteiger partial charge in [0.05, 0.1) is 13.2 Å². The number of carbonyl (C=O) groups is 1. The molecule has 1 aliphatic rings. The lowest BCUT2D eigenvalue weighted by molar-refractivity contribution is -0.132. The fourth-order valence-electron chi connectivity index (χ4n) is 1.57. The average molecular weight is 239 g/mol. The van der Waals surface area contributed by atoms with Crippen molar-refractivity contribution >= 4 is 23.3 Å². The van der Waals surface area contributed by atoms with Gasteiger partial charge in [0.1, 0.15) is 5.71 Å². The highest BCUT2D eigenvalue weighted by molar-refractivity contribution is 6.36. The topological polar surface area (TPSA) is 50.7 Å². The van der Waals surface area contributed by atoms with E-state index in [1.54, 1.807) is 0 Å². The minimum atomic E-state index is -0.385. The molecule has 84 valence electrons. The number of hydrogen-bond acceptors (Lipinski definition) is 4. The molecule has 16 heavy (non-hydrogen) atoms. The minimum Gasteiger partial charge on any atom is -0.464 e. The van der Waals surface area contributed by atoms with Crippen LogP contribution in [0.4, 0.5) is 0 Å². The molecule has 0 aliphatic carbocycles. The standard InChI is InChI=1S/C11H11ClN2O2/c1-16-11(15)10-6-9(13-14-10)7-2-4-8(12)5-3-7/h2-5,9,13H,6H2,1H3/t9-/m0/s1. The third kappa shape index (κ3) is 2.17. The molecule has 2 rings (SSSR count). The molecule has 1 heterocycles. The third-order valence-corrected chi connectivity index (χ3v) is 2.70. The van der Waals surface area contributed by atoms with E-state index in [0.717, 1.165) is 5.56 Å². The maximum atomic E-state index is 11.2. The molecular weight excluding hydrogens is 228 g/mol. The van der Waals surface area contributed by atoms with Crippen LogP contribution < -0.4 is 5.43 Å². The van der Waals surface area contributed by atoms with Gasteiger partial charge in [0.2, 0.25) is 0 Å². The van der Waals surface area contributed by atoms with E-state index in [1.807, 2.05) is 24.3 Å². The second-order valence-electron chi connectivity index (χ2n) is 3.49. The summed E-state index contributed by atoms with van der Waals surface area (Å²) in [4.78, 5) is 11.2. The van der Waals surface area contributed by atoms with E-state index in [-0.39, 0.29) is 12.0 Å². The first-order chi connectivity index (χ1) is 7.70. The van der Waals surface area contributed by atoms with E-state index >= 15 is 0 Å². The molecule has 1 aromatic rings. The number of ether oxygens (including phenoxy) is 1. The monoisotopic (exact) mass is 238 g/mol. The van der Waals surface area contributed by atoms with Crippen molar-refractivity contribution in [1.29, 1.82) is 0 Å². The lowest BCUT2D eigenvalue weighted by Gasteiger charge is -2.09. The number of benzene rings is 1. The van der Waals surface area contributed by atoms with E-state index < -0.39 is 0 Å². The predicted molar refractivity (Wildman–Crippen MR) is 61.4 cm³/mol. The zero-order valence-corrected chi connectivity index (χ0v) is 9.49. The van der Waals surface area contributed by atoms with Crippen molar-refractivity contribution in [2.75, 3.05) is 7.11 Å². The number of nitrogens with zero attached hydrogens (tertiary/aromatic N) is 1. The molecular formula is C11H11ClN2O2. The van der Waals surface area contributed by atoms with Crippen molar-refractivity contribution in [3.05, 3.63) is 34.9 Å². The Morgan fingerprint density at radius 3 is 2.81 bits per heavy atom. The number of halogens is 1. The first-order valence-corrected chi connectivity index (χ1v) is 5.24. The lowest BCUT2D eigenvalue weighted by atomic mass is 10.0. The van der Waals surface area contributed by atoms with Gasteiger partial charge in [-0.05, 0) is 17.7 Å². The van der Waals surface area contributed by atoms with Crippen molar-refractivity contribution in [3.63, 3.8) is 0 Å². The highest BCUT2D eigenvalue weighted by Crippen LogP contribution is 2.23. The highest BCUT2D eigenvalue weighted by atomic mass is 35.5. The number of rotatable bonds is 2. The fourth-order valence-corrected chi connectivity index (χ4v) is 1.70. The molecule has 1 N–H and O–H groups in total. The maximum Gasteiger partial charge on any atom is 0.354 e. The Bertz CT molecular complexity index is 428. The number of hydrazone groups is 1. The molecule has 0 radical (unpaired) electrons. The molecule has 1 aromatic carbocycles. The molecule has 4 nitrogen and oxygen atoms in total. The Kier molecular flexibility index (Phi) is 3.10. The molecule has 0 amide bonds. The van der Waals surface area contributed by atoms with Gasteiger partial charge in [0, 0.05) is 11.4 Å². The van der Waals surface area contributed by atoms with E-state index in [1.165, 1.54) is 7.11 Å². The van der Waals surface area contributed by atoms with Gasteiger partial charge in [-0.1, -0.05) is 23.7 Å². The maximum absolute atomic E-state index is 11.2. The second kappa shape index (κ2) is 4.53. The Labute approximate surface area is 98.2 Å². The van der Waals surface area contributed by atoms with Crippen molar-refractivity contribution in [2.45, 2.75) is 12.5 Å². The highest BCUT2D eigenvalue weighted by Gasteiger charge is 2.25. The van der Waals surface area contributed by atoms with Crippen molar-refractivity contribution in [3.8, 4) is 0 Å². The Balaban J connectivity index is 2.06. The van der Waals surface area contributed by atoms with Gasteiger partial charge in [-0.25, -0.2) is 4.79 Å². The van der Waals surface area contributed by atoms with Gasteiger partial charge in [0.25, 0.3) is 0 Å². The van der Waals surface area contributed by atoms with Crippen LogP contribution in [-0.4, -0.2) is 18.8 Å². The largest absolute Gasteiger partial charge is 0.464 e. The number of methoxy groups -OCH3 is 1. The summed E-state index contributed by atoms with van der Waals surface area (Å²) in [5.74, 6) is -0.385. The molecule has 1 aliphatic heterocycles. The minimum absolute atomic E-state index is 0.0198. The molecule has 0 spiro atoms. The smallest absolute Gasteiger partial charge is 0.354 e. The van der Waals surface area contributed by atoms with Crippen LogP contribution >= 0.6 is 11.6 Å². The van der Waals surface area contributed by atoms with Crippen LogP contribution in [0, 0.1) is 0 Å². The summed E-state index contributed by atoms with van der Waals surface area (Å²) in [6.45, 7) is 0. The van der Waals surface area contributed by atoms with Crippen LogP contribution in [0.3, 0.4) is 0 Å². The molecule has 0 unspecified atom stereocenters. The van der Waals surface area contributed by atoms with E-state index in [9.17, 15) is 4.79 Å². The SMILES string of the molecule is COC(=O)C1=NN[C@H](c2ccc(Cl)cc2)C1. The molecule has 0 aromatic heterocycles. The lowest BCUT2D eigenvalue weighted by Crippen LogP contribution is -2.14. The van der Waals surface area contributed by atoms with Crippen LogP contribution in [-0.2, 0) is 9.53 Å². The predicted octanol–water partition coefficient (Wildman–Crippen LogP) is 1.90. The molecule has 1 atom stereocenters. The summed E-state index contributed by atoms with van der Waals surface area (Å²) in [5.41, 5.74) is 4.37. The van der Waals surface area contributed by atoms with Gasteiger partial charge in [-0.2, -0.15) is 5.10 Å². The van der Waals surface area contributed by atoms with Gasteiger partial charge in [-0.3, -0.25) is 0 Å². The van der Waals surface area contributed by atoms with Crippen LogP contribution in [0.25, 0.3) is 0 Å². The van der Waals surface area contributed by atoms with Gasteiger partial charge < -0.3 is 10.2 Å². The molecule has 0 fully saturated rings. The van der Waals surface area contributed by atoms with E-state index in [2.05, 4.69) is 15.3 Å². The van der Waals surface area contributed by atoms with Gasteiger partial charge >= 0.3 is 5.97 Å². The Morgan fingerprint density at radius 2 is 2.19 bits per heavy atom. The number of carbonyl (C=O) groups excluding carboxylic acids is 1. The van der Waals surface area contributed by atoms with Crippen LogP contribution in [0.2, 0.25) is 5.02 Å². The molecule has 5 heteroatoms. The zero-order valence-electron chi connectivity index (χ0n) is 8.74. The zero-order chi connectivity index (χ0) is 11.5. The number of esters is 1. The van der Waals surface area contributed by atoms with Crippen molar-refractivity contribution in [1.82, 2.24) is 5.43 Å². The first kappa shape index (κ1) is 11.0. The van der Waals surface area contributed by atoms with E-state index in [4.69, 9.17) is 11.6 Å². The average Bonchev–Trinajstić information content (AvgIpc) is 2.78. The second-order valence-corrected chi connectivity index (χ2v) is 3.92. The number of nitrogens with one attached hydrogen (secondary N) is 1. The van der Waals surface area contributed by atoms with Crippen LogP contribution in [0.15, 0.2) is 29.4 Å². The van der Waals surface area contributed by atoms with Crippen molar-refractivity contribution in [2.24, 2.45) is 5.10 Å². The van der Waals surface area contributed by atoms with Crippen LogP contribution in [0.5, 0.6) is 0 Å². The summed E-state index contributed by atoms with van der Waals surface area (Å²) < 4.78 is 4.61.